The first-order valence-electron chi connectivity index (χ1n) is 5.88. The zero-order valence-electron chi connectivity index (χ0n) is 10.6. The minimum Gasteiger partial charge on any atom is -0.372 e. The van der Waals surface area contributed by atoms with Crippen molar-refractivity contribution in [3.05, 3.63) is 30.1 Å². The lowest BCUT2D eigenvalue weighted by molar-refractivity contribution is 0.0992. The Bertz CT molecular complexity index is 500. The summed E-state index contributed by atoms with van der Waals surface area (Å²) in [6.07, 6.45) is -0.148. The van der Waals surface area contributed by atoms with Gasteiger partial charge >= 0.3 is 0 Å². The van der Waals surface area contributed by atoms with Crippen molar-refractivity contribution in [2.75, 3.05) is 13.7 Å². The standard InChI is InChI=1S/C13H19N3O/c1-9(2)16-11-7-5-4-6-10(11)15-13(16)12(8-14)17-3/h4-7,9,12H,8,14H2,1-3H3. The Kier molecular flexibility index (Phi) is 3.45. The van der Waals surface area contributed by atoms with Crippen LogP contribution in [-0.4, -0.2) is 23.2 Å². The number of aromatic nitrogens is 2. The van der Waals surface area contributed by atoms with E-state index in [1.54, 1.807) is 7.11 Å². The van der Waals surface area contributed by atoms with Crippen molar-refractivity contribution in [3.63, 3.8) is 0 Å². The molecular formula is C13H19N3O. The number of methoxy groups -OCH3 is 1. The third-order valence-electron chi connectivity index (χ3n) is 2.93. The molecule has 92 valence electrons. The number of hydrogen-bond donors (Lipinski definition) is 1. The van der Waals surface area contributed by atoms with Crippen molar-refractivity contribution < 1.29 is 4.74 Å². The quantitative estimate of drug-likeness (QED) is 0.881. The smallest absolute Gasteiger partial charge is 0.140 e. The van der Waals surface area contributed by atoms with Gasteiger partial charge in [0, 0.05) is 19.7 Å². The van der Waals surface area contributed by atoms with Crippen molar-refractivity contribution in [1.29, 1.82) is 0 Å². The molecule has 1 heterocycles. The molecule has 1 aromatic carbocycles. The monoisotopic (exact) mass is 233 g/mol. The molecule has 2 rings (SSSR count). The highest BCUT2D eigenvalue weighted by atomic mass is 16.5. The molecule has 0 amide bonds. The second kappa shape index (κ2) is 4.85. The van der Waals surface area contributed by atoms with Crippen LogP contribution < -0.4 is 5.73 Å². The Balaban J connectivity index is 2.65. The highest BCUT2D eigenvalue weighted by Gasteiger charge is 2.19. The van der Waals surface area contributed by atoms with E-state index in [0.29, 0.717) is 12.6 Å². The Labute approximate surface area is 101 Å². The lowest BCUT2D eigenvalue weighted by Crippen LogP contribution is -2.19. The summed E-state index contributed by atoms with van der Waals surface area (Å²) in [5.41, 5.74) is 7.85. The Morgan fingerprint density at radius 3 is 2.65 bits per heavy atom. The van der Waals surface area contributed by atoms with Crippen LogP contribution in [0.5, 0.6) is 0 Å². The van der Waals surface area contributed by atoms with Gasteiger partial charge in [-0.2, -0.15) is 0 Å². The van der Waals surface area contributed by atoms with E-state index in [1.165, 1.54) is 0 Å². The number of rotatable bonds is 4. The molecule has 2 N–H and O–H groups in total. The van der Waals surface area contributed by atoms with E-state index in [9.17, 15) is 0 Å². The van der Waals surface area contributed by atoms with Gasteiger partial charge in [0.15, 0.2) is 0 Å². The first-order chi connectivity index (χ1) is 8.19. The van der Waals surface area contributed by atoms with Gasteiger partial charge in [-0.15, -0.1) is 0 Å². The molecule has 0 saturated carbocycles. The van der Waals surface area contributed by atoms with Crippen LogP contribution in [0.4, 0.5) is 0 Å². The largest absolute Gasteiger partial charge is 0.372 e. The Morgan fingerprint density at radius 1 is 1.35 bits per heavy atom. The van der Waals surface area contributed by atoms with Gasteiger partial charge in [0.2, 0.25) is 0 Å². The number of imidazole rings is 1. The number of para-hydroxylation sites is 2. The third-order valence-corrected chi connectivity index (χ3v) is 2.93. The summed E-state index contributed by atoms with van der Waals surface area (Å²) in [6, 6.07) is 8.45. The van der Waals surface area contributed by atoms with Crippen molar-refractivity contribution in [3.8, 4) is 0 Å². The molecule has 1 unspecified atom stereocenters. The molecule has 0 aliphatic heterocycles. The van der Waals surface area contributed by atoms with E-state index in [0.717, 1.165) is 16.9 Å². The first-order valence-corrected chi connectivity index (χ1v) is 5.88. The first kappa shape index (κ1) is 12.1. The van der Waals surface area contributed by atoms with E-state index in [-0.39, 0.29) is 6.10 Å². The average molecular weight is 233 g/mol. The summed E-state index contributed by atoms with van der Waals surface area (Å²) in [5.74, 6) is 0.909. The van der Waals surface area contributed by atoms with Crippen molar-refractivity contribution in [2.24, 2.45) is 5.73 Å². The molecule has 4 heteroatoms. The molecule has 0 radical (unpaired) electrons. The van der Waals surface area contributed by atoms with Crippen molar-refractivity contribution in [2.45, 2.75) is 26.0 Å². The predicted octanol–water partition coefficient (Wildman–Crippen LogP) is 2.26. The van der Waals surface area contributed by atoms with Crippen LogP contribution in [0.2, 0.25) is 0 Å². The van der Waals surface area contributed by atoms with Crippen LogP contribution in [0, 0.1) is 0 Å². The van der Waals surface area contributed by atoms with Gasteiger partial charge in [0.25, 0.3) is 0 Å². The molecule has 1 aromatic heterocycles. The summed E-state index contributed by atoms with van der Waals surface area (Å²) in [4.78, 5) is 4.63. The van der Waals surface area contributed by atoms with E-state index in [2.05, 4.69) is 29.5 Å². The number of nitrogens with two attached hydrogens (primary N) is 1. The van der Waals surface area contributed by atoms with Crippen LogP contribution in [0.3, 0.4) is 0 Å². The van der Waals surface area contributed by atoms with Gasteiger partial charge in [-0.25, -0.2) is 4.98 Å². The average Bonchev–Trinajstić information content (AvgIpc) is 2.69. The fourth-order valence-corrected chi connectivity index (χ4v) is 2.14. The maximum atomic E-state index is 5.73. The van der Waals surface area contributed by atoms with Gasteiger partial charge in [-0.1, -0.05) is 12.1 Å². The van der Waals surface area contributed by atoms with Crippen LogP contribution in [0.1, 0.15) is 31.8 Å². The van der Waals surface area contributed by atoms with Gasteiger partial charge in [0.05, 0.1) is 11.0 Å². The van der Waals surface area contributed by atoms with Crippen LogP contribution in [0.15, 0.2) is 24.3 Å². The summed E-state index contributed by atoms with van der Waals surface area (Å²) in [5, 5.41) is 0. The fraction of sp³-hybridized carbons (Fsp3) is 0.462. The minimum atomic E-state index is -0.148. The Hall–Kier alpha value is -1.39. The molecule has 0 spiro atoms. The molecule has 4 nitrogen and oxygen atoms in total. The van der Waals surface area contributed by atoms with Gasteiger partial charge in [-0.05, 0) is 26.0 Å². The summed E-state index contributed by atoms with van der Waals surface area (Å²) < 4.78 is 7.59. The molecule has 0 aliphatic rings. The van der Waals surface area contributed by atoms with Crippen molar-refractivity contribution >= 4 is 11.0 Å². The maximum absolute atomic E-state index is 5.73. The second-order valence-electron chi connectivity index (χ2n) is 4.38. The number of benzene rings is 1. The topological polar surface area (TPSA) is 53.1 Å². The molecular weight excluding hydrogens is 214 g/mol. The molecule has 0 bridgehead atoms. The molecule has 0 aliphatic carbocycles. The van der Waals surface area contributed by atoms with Crippen LogP contribution in [-0.2, 0) is 4.74 Å². The van der Waals surface area contributed by atoms with E-state index in [4.69, 9.17) is 10.5 Å². The van der Waals surface area contributed by atoms with Gasteiger partial charge in [-0.3, -0.25) is 0 Å². The summed E-state index contributed by atoms with van der Waals surface area (Å²) in [7, 11) is 1.67. The minimum absolute atomic E-state index is 0.148. The third kappa shape index (κ3) is 2.06. The summed E-state index contributed by atoms with van der Waals surface area (Å²) in [6.45, 7) is 4.72. The Morgan fingerprint density at radius 2 is 2.06 bits per heavy atom. The van der Waals surface area contributed by atoms with Gasteiger partial charge in [0.1, 0.15) is 11.9 Å². The molecule has 2 aromatic rings. The number of ether oxygens (including phenoxy) is 1. The zero-order chi connectivity index (χ0) is 12.4. The van der Waals surface area contributed by atoms with Crippen molar-refractivity contribution in [1.82, 2.24) is 9.55 Å². The van der Waals surface area contributed by atoms with E-state index in [1.807, 2.05) is 18.2 Å². The SMILES string of the molecule is COC(CN)c1nc2ccccc2n1C(C)C. The molecule has 1 atom stereocenters. The van der Waals surface area contributed by atoms with E-state index >= 15 is 0 Å². The van der Waals surface area contributed by atoms with Gasteiger partial charge < -0.3 is 15.0 Å². The van der Waals surface area contributed by atoms with Crippen LogP contribution in [0.25, 0.3) is 11.0 Å². The maximum Gasteiger partial charge on any atom is 0.140 e. The fourth-order valence-electron chi connectivity index (χ4n) is 2.14. The lowest BCUT2D eigenvalue weighted by atomic mass is 10.2. The number of hydrogen-bond acceptors (Lipinski definition) is 3. The molecule has 17 heavy (non-hydrogen) atoms. The predicted molar refractivity (Wildman–Crippen MR) is 68.9 cm³/mol. The normalized spacial score (nSPS) is 13.5. The highest BCUT2D eigenvalue weighted by Crippen LogP contribution is 2.25. The van der Waals surface area contributed by atoms with Crippen LogP contribution >= 0.6 is 0 Å². The number of nitrogens with zero attached hydrogens (tertiary/aromatic N) is 2. The summed E-state index contributed by atoms with van der Waals surface area (Å²) >= 11 is 0. The molecule has 0 fully saturated rings. The van der Waals surface area contributed by atoms with E-state index < -0.39 is 0 Å². The number of fused-ring (bicyclic) bond motifs is 1. The highest BCUT2D eigenvalue weighted by molar-refractivity contribution is 5.76. The zero-order valence-corrected chi connectivity index (χ0v) is 10.6. The molecule has 0 saturated heterocycles. The lowest BCUT2D eigenvalue weighted by Gasteiger charge is -2.18. The second-order valence-corrected chi connectivity index (χ2v) is 4.38.